The number of rotatable bonds is 8. The molecule has 18 heavy (non-hydrogen) atoms. The number of aliphatic hydroxyl groups is 2. The molecular weight excluding hydrogens is 240 g/mol. The summed E-state index contributed by atoms with van der Waals surface area (Å²) in [6, 6.07) is 0. The summed E-state index contributed by atoms with van der Waals surface area (Å²) in [5.41, 5.74) is 0. The van der Waals surface area contributed by atoms with Gasteiger partial charge < -0.3 is 29.2 Å². The summed E-state index contributed by atoms with van der Waals surface area (Å²) < 4.78 is 21.2. The van der Waals surface area contributed by atoms with Gasteiger partial charge in [0.05, 0.1) is 12.7 Å². The second-order valence-electron chi connectivity index (χ2n) is 4.38. The lowest BCUT2D eigenvalue weighted by Gasteiger charge is -2.21. The lowest BCUT2D eigenvalue weighted by atomic mass is 10.0. The Kier molecular flexibility index (Phi) is 7.06. The molecule has 0 amide bonds. The number of aliphatic hydroxyl groups excluding tert-OH is 2. The van der Waals surface area contributed by atoms with E-state index in [9.17, 15) is 10.2 Å². The van der Waals surface area contributed by atoms with Crippen molar-refractivity contribution in [1.82, 2.24) is 0 Å². The summed E-state index contributed by atoms with van der Waals surface area (Å²) in [6.07, 6.45) is -0.604. The molecule has 1 fully saturated rings. The normalized spacial score (nSPS) is 30.0. The van der Waals surface area contributed by atoms with E-state index in [4.69, 9.17) is 18.9 Å². The van der Waals surface area contributed by atoms with Gasteiger partial charge in [0.1, 0.15) is 12.2 Å². The zero-order valence-corrected chi connectivity index (χ0v) is 11.2. The lowest BCUT2D eigenvalue weighted by molar-refractivity contribution is -0.242. The third kappa shape index (κ3) is 3.88. The number of unbranched alkanes of at least 4 members (excludes halogenated alkanes) is 1. The molecule has 1 heterocycles. The summed E-state index contributed by atoms with van der Waals surface area (Å²) >= 11 is 0. The molecule has 6 nitrogen and oxygen atoms in total. The van der Waals surface area contributed by atoms with Gasteiger partial charge in [-0.15, -0.1) is 0 Å². The fourth-order valence-electron chi connectivity index (χ4n) is 2.03. The van der Waals surface area contributed by atoms with Crippen LogP contribution in [0.25, 0.3) is 0 Å². The first-order valence-corrected chi connectivity index (χ1v) is 6.33. The molecular formula is C12H24O6. The molecule has 0 aromatic rings. The number of hydrogen-bond donors (Lipinski definition) is 2. The average molecular weight is 264 g/mol. The maximum atomic E-state index is 10.0. The van der Waals surface area contributed by atoms with Crippen molar-refractivity contribution in [3.05, 3.63) is 0 Å². The smallest absolute Gasteiger partial charge is 0.210 e. The van der Waals surface area contributed by atoms with Crippen molar-refractivity contribution >= 4 is 0 Å². The highest BCUT2D eigenvalue weighted by Crippen LogP contribution is 2.26. The topological polar surface area (TPSA) is 77.4 Å². The van der Waals surface area contributed by atoms with Gasteiger partial charge in [-0.1, -0.05) is 19.8 Å². The Morgan fingerprint density at radius 1 is 1.22 bits per heavy atom. The van der Waals surface area contributed by atoms with E-state index >= 15 is 0 Å². The summed E-state index contributed by atoms with van der Waals surface area (Å²) in [6.45, 7) is 1.85. The summed E-state index contributed by atoms with van der Waals surface area (Å²) in [7, 11) is 2.96. The Balaban J connectivity index is 2.56. The monoisotopic (exact) mass is 264 g/mol. The van der Waals surface area contributed by atoms with Crippen molar-refractivity contribution in [2.45, 2.75) is 57.1 Å². The zero-order chi connectivity index (χ0) is 13.5. The van der Waals surface area contributed by atoms with Gasteiger partial charge >= 0.3 is 0 Å². The summed E-state index contributed by atoms with van der Waals surface area (Å²) in [4.78, 5) is 0. The minimum atomic E-state index is -0.724. The van der Waals surface area contributed by atoms with E-state index in [1.54, 1.807) is 0 Å². The van der Waals surface area contributed by atoms with Crippen LogP contribution in [-0.4, -0.2) is 61.9 Å². The lowest BCUT2D eigenvalue weighted by Crippen LogP contribution is -2.37. The van der Waals surface area contributed by atoms with Crippen LogP contribution in [0.15, 0.2) is 0 Å². The maximum absolute atomic E-state index is 10.0. The Labute approximate surface area is 108 Å². The molecule has 0 saturated carbocycles. The Bertz CT molecular complexity index is 221. The first-order chi connectivity index (χ1) is 8.67. The highest BCUT2D eigenvalue weighted by Gasteiger charge is 2.43. The minimum absolute atomic E-state index is 0.204. The predicted octanol–water partition coefficient (Wildman–Crippen LogP) is 0.259. The summed E-state index contributed by atoms with van der Waals surface area (Å²) in [5.74, 6) is 0. The van der Waals surface area contributed by atoms with Crippen LogP contribution in [0.1, 0.15) is 26.2 Å². The molecule has 0 spiro atoms. The van der Waals surface area contributed by atoms with Gasteiger partial charge in [-0.25, -0.2) is 0 Å². The van der Waals surface area contributed by atoms with Crippen LogP contribution in [0, 0.1) is 0 Å². The van der Waals surface area contributed by atoms with E-state index in [1.807, 2.05) is 0 Å². The third-order valence-corrected chi connectivity index (χ3v) is 3.07. The molecule has 1 aliphatic rings. The zero-order valence-electron chi connectivity index (χ0n) is 11.2. The van der Waals surface area contributed by atoms with Crippen LogP contribution in [0.2, 0.25) is 0 Å². The van der Waals surface area contributed by atoms with Gasteiger partial charge in [0.2, 0.25) is 12.6 Å². The van der Waals surface area contributed by atoms with Gasteiger partial charge in [0.25, 0.3) is 0 Å². The van der Waals surface area contributed by atoms with Crippen LogP contribution in [-0.2, 0) is 18.9 Å². The van der Waals surface area contributed by atoms with Gasteiger partial charge in [-0.3, -0.25) is 0 Å². The molecule has 0 bridgehead atoms. The van der Waals surface area contributed by atoms with E-state index in [1.165, 1.54) is 14.2 Å². The van der Waals surface area contributed by atoms with Crippen molar-refractivity contribution in [1.29, 1.82) is 0 Å². The Morgan fingerprint density at radius 2 is 1.89 bits per heavy atom. The fraction of sp³-hybridized carbons (Fsp3) is 1.00. The molecule has 0 aliphatic carbocycles. The second-order valence-corrected chi connectivity index (χ2v) is 4.38. The van der Waals surface area contributed by atoms with Gasteiger partial charge in [0, 0.05) is 14.2 Å². The van der Waals surface area contributed by atoms with E-state index in [-0.39, 0.29) is 6.61 Å². The molecule has 108 valence electrons. The highest BCUT2D eigenvalue weighted by atomic mass is 16.8. The van der Waals surface area contributed by atoms with Crippen molar-refractivity contribution in [2.24, 2.45) is 0 Å². The van der Waals surface area contributed by atoms with E-state index in [0.717, 1.165) is 12.8 Å². The van der Waals surface area contributed by atoms with Crippen LogP contribution in [0.5, 0.6) is 0 Å². The molecule has 6 heteroatoms. The quantitative estimate of drug-likeness (QED) is 0.612. The van der Waals surface area contributed by atoms with Crippen LogP contribution >= 0.6 is 0 Å². The first-order valence-electron chi connectivity index (χ1n) is 6.33. The van der Waals surface area contributed by atoms with E-state index in [2.05, 4.69) is 6.92 Å². The van der Waals surface area contributed by atoms with Gasteiger partial charge in [0.15, 0.2) is 0 Å². The number of ether oxygens (including phenoxy) is 4. The molecule has 0 aromatic heterocycles. The standard InChI is InChI=1S/C12H24O6/c1-4-5-6-8(14)10-9(7-13)17-12(18-10)11(15-2)16-3/h8-14H,4-7H2,1-3H3/t8-,9-,10+,12?/m0/s1. The molecule has 0 radical (unpaired) electrons. The number of hydrogen-bond acceptors (Lipinski definition) is 6. The Hall–Kier alpha value is -0.240. The third-order valence-electron chi connectivity index (χ3n) is 3.07. The predicted molar refractivity (Wildman–Crippen MR) is 64.0 cm³/mol. The van der Waals surface area contributed by atoms with E-state index in [0.29, 0.717) is 6.42 Å². The molecule has 4 atom stereocenters. The van der Waals surface area contributed by atoms with Crippen LogP contribution < -0.4 is 0 Å². The van der Waals surface area contributed by atoms with Crippen LogP contribution in [0.3, 0.4) is 0 Å². The Morgan fingerprint density at radius 3 is 2.39 bits per heavy atom. The second kappa shape index (κ2) is 8.04. The molecule has 1 unspecified atom stereocenters. The molecule has 0 aromatic carbocycles. The van der Waals surface area contributed by atoms with Crippen molar-refractivity contribution < 1.29 is 29.2 Å². The average Bonchev–Trinajstić information content (AvgIpc) is 2.81. The van der Waals surface area contributed by atoms with Gasteiger partial charge in [-0.05, 0) is 6.42 Å². The van der Waals surface area contributed by atoms with Crippen LogP contribution in [0.4, 0.5) is 0 Å². The molecule has 1 aliphatic heterocycles. The molecule has 2 N–H and O–H groups in total. The van der Waals surface area contributed by atoms with Gasteiger partial charge in [-0.2, -0.15) is 0 Å². The number of methoxy groups -OCH3 is 2. The molecule has 1 saturated heterocycles. The maximum Gasteiger partial charge on any atom is 0.210 e. The fourth-order valence-corrected chi connectivity index (χ4v) is 2.03. The largest absolute Gasteiger partial charge is 0.394 e. The van der Waals surface area contributed by atoms with Crippen molar-refractivity contribution in [3.8, 4) is 0 Å². The highest BCUT2D eigenvalue weighted by molar-refractivity contribution is 4.84. The first kappa shape index (κ1) is 15.8. The van der Waals surface area contributed by atoms with Crippen molar-refractivity contribution in [2.75, 3.05) is 20.8 Å². The van der Waals surface area contributed by atoms with E-state index < -0.39 is 30.9 Å². The summed E-state index contributed by atoms with van der Waals surface area (Å²) in [5, 5.41) is 19.3. The SMILES string of the molecule is CCCC[C@H](O)[C@H]1OC(C(OC)OC)O[C@H]1CO. The minimum Gasteiger partial charge on any atom is -0.394 e. The molecule has 1 rings (SSSR count). The van der Waals surface area contributed by atoms with Crippen molar-refractivity contribution in [3.63, 3.8) is 0 Å².